The molecule has 0 unspecified atom stereocenters. The number of nitrogens with one attached hydrogen (secondary N) is 3. The number of aliphatic hydroxyl groups is 1. The lowest BCUT2D eigenvalue weighted by Gasteiger charge is -2.31. The third kappa shape index (κ3) is 7.58. The number of para-hydroxylation sites is 1. The third-order valence-corrected chi connectivity index (χ3v) is 6.99. The van der Waals surface area contributed by atoms with Crippen LogP contribution in [0.25, 0.3) is 6.08 Å². The van der Waals surface area contributed by atoms with Gasteiger partial charge in [0.15, 0.2) is 0 Å². The zero-order valence-electron chi connectivity index (χ0n) is 22.0. The number of amides is 3. The zero-order chi connectivity index (χ0) is 27.8. The first kappa shape index (κ1) is 28.1. The molecule has 1 aliphatic heterocycles. The van der Waals surface area contributed by atoms with E-state index in [4.69, 9.17) is 4.74 Å². The van der Waals surface area contributed by atoms with Crippen LogP contribution in [0.4, 0.5) is 0 Å². The van der Waals surface area contributed by atoms with E-state index in [2.05, 4.69) is 16.0 Å². The van der Waals surface area contributed by atoms with Crippen LogP contribution in [-0.2, 0) is 20.8 Å². The molecular formula is C29H36N4O6. The van der Waals surface area contributed by atoms with Crippen LogP contribution in [0, 0.1) is 5.92 Å². The van der Waals surface area contributed by atoms with Crippen LogP contribution in [-0.4, -0.2) is 84.3 Å². The first-order valence-corrected chi connectivity index (χ1v) is 13.2. The van der Waals surface area contributed by atoms with Crippen LogP contribution in [0.2, 0.25) is 0 Å². The van der Waals surface area contributed by atoms with Crippen molar-refractivity contribution < 1.29 is 29.3 Å². The SMILES string of the molecule is CN1C(=O)[C@H](C2CC2)NCCOc2ccccc2/C=C/CNC(=O)[C@@H](Cc2ccc(O)cc2)NC(=O)[C@@H]1CO. The van der Waals surface area contributed by atoms with Gasteiger partial charge >= 0.3 is 0 Å². The second-order valence-electron chi connectivity index (χ2n) is 9.88. The Morgan fingerprint density at radius 1 is 1.03 bits per heavy atom. The third-order valence-electron chi connectivity index (χ3n) is 6.99. The predicted molar refractivity (Wildman–Crippen MR) is 146 cm³/mol. The van der Waals surface area contributed by atoms with E-state index in [1.807, 2.05) is 30.3 Å². The molecule has 1 aliphatic carbocycles. The Morgan fingerprint density at radius 2 is 1.77 bits per heavy atom. The predicted octanol–water partition coefficient (Wildman–Crippen LogP) is 0.829. The van der Waals surface area contributed by atoms with Crippen molar-refractivity contribution in [1.82, 2.24) is 20.9 Å². The van der Waals surface area contributed by atoms with E-state index in [0.29, 0.717) is 18.9 Å². The molecule has 1 fully saturated rings. The maximum Gasteiger partial charge on any atom is 0.245 e. The first-order chi connectivity index (χ1) is 18.9. The topological polar surface area (TPSA) is 140 Å². The molecule has 0 radical (unpaired) electrons. The maximum absolute atomic E-state index is 13.4. The summed E-state index contributed by atoms with van der Waals surface area (Å²) in [5.74, 6) is -0.421. The van der Waals surface area contributed by atoms with E-state index >= 15 is 0 Å². The fraction of sp³-hybridized carbons (Fsp3) is 0.414. The molecule has 2 aromatic rings. The number of likely N-dealkylation sites (N-methyl/N-ethyl adjacent to an activating group) is 1. The Balaban J connectivity index is 1.60. The number of carbonyl (C=O) groups excluding carboxylic acids is 3. The highest BCUT2D eigenvalue weighted by Crippen LogP contribution is 2.33. The van der Waals surface area contributed by atoms with Gasteiger partial charge < -0.3 is 35.8 Å². The monoisotopic (exact) mass is 536 g/mol. The number of nitrogens with zero attached hydrogens (tertiary/aromatic N) is 1. The van der Waals surface area contributed by atoms with Crippen LogP contribution < -0.4 is 20.7 Å². The highest BCUT2D eigenvalue weighted by molar-refractivity contribution is 5.93. The molecule has 0 aromatic heterocycles. The van der Waals surface area contributed by atoms with Crippen molar-refractivity contribution in [1.29, 1.82) is 0 Å². The molecule has 0 bridgehead atoms. The number of phenolic OH excluding ortho intramolecular Hbond substituents is 1. The summed E-state index contributed by atoms with van der Waals surface area (Å²) in [4.78, 5) is 41.1. The molecule has 3 atom stereocenters. The number of aliphatic hydroxyl groups excluding tert-OH is 1. The summed E-state index contributed by atoms with van der Waals surface area (Å²) >= 11 is 0. The lowest BCUT2D eigenvalue weighted by molar-refractivity contribution is -0.143. The summed E-state index contributed by atoms with van der Waals surface area (Å²) in [5.41, 5.74) is 1.57. The molecule has 39 heavy (non-hydrogen) atoms. The van der Waals surface area contributed by atoms with Crippen LogP contribution in [0.3, 0.4) is 0 Å². The Morgan fingerprint density at radius 3 is 2.49 bits per heavy atom. The van der Waals surface area contributed by atoms with E-state index in [9.17, 15) is 24.6 Å². The largest absolute Gasteiger partial charge is 0.508 e. The van der Waals surface area contributed by atoms with E-state index in [0.717, 1.165) is 24.0 Å². The highest BCUT2D eigenvalue weighted by atomic mass is 16.5. The van der Waals surface area contributed by atoms with Gasteiger partial charge in [0.25, 0.3) is 0 Å². The van der Waals surface area contributed by atoms with Gasteiger partial charge in [0, 0.05) is 32.1 Å². The molecule has 2 aliphatic rings. The maximum atomic E-state index is 13.4. The van der Waals surface area contributed by atoms with Crippen molar-refractivity contribution in [2.24, 2.45) is 5.92 Å². The van der Waals surface area contributed by atoms with Crippen molar-refractivity contribution in [2.45, 2.75) is 37.4 Å². The number of rotatable bonds is 4. The number of fused-ring (bicyclic) bond motifs is 1. The molecule has 2 aromatic carbocycles. The van der Waals surface area contributed by atoms with Gasteiger partial charge in [-0.2, -0.15) is 0 Å². The normalized spacial score (nSPS) is 24.4. The van der Waals surface area contributed by atoms with Crippen LogP contribution in [0.15, 0.2) is 54.6 Å². The highest BCUT2D eigenvalue weighted by Gasteiger charge is 2.40. The number of carbonyl (C=O) groups is 3. The van der Waals surface area contributed by atoms with Gasteiger partial charge in [0.2, 0.25) is 17.7 Å². The summed E-state index contributed by atoms with van der Waals surface area (Å²) in [6, 6.07) is 11.3. The van der Waals surface area contributed by atoms with Crippen molar-refractivity contribution in [3.05, 3.63) is 65.7 Å². The lowest BCUT2D eigenvalue weighted by Crippen LogP contribution is -2.58. The van der Waals surface area contributed by atoms with Gasteiger partial charge in [0.05, 0.1) is 12.6 Å². The molecule has 10 heteroatoms. The molecule has 1 saturated carbocycles. The minimum Gasteiger partial charge on any atom is -0.508 e. The van der Waals surface area contributed by atoms with Crippen molar-refractivity contribution >= 4 is 23.8 Å². The molecule has 10 nitrogen and oxygen atoms in total. The van der Waals surface area contributed by atoms with Crippen LogP contribution >= 0.6 is 0 Å². The molecule has 4 rings (SSSR count). The van der Waals surface area contributed by atoms with Crippen molar-refractivity contribution in [3.63, 3.8) is 0 Å². The van der Waals surface area contributed by atoms with Gasteiger partial charge in [-0.05, 0) is 42.5 Å². The summed E-state index contributed by atoms with van der Waals surface area (Å²) in [6.07, 6.45) is 5.60. The number of phenols is 1. The number of benzene rings is 2. The van der Waals surface area contributed by atoms with Gasteiger partial charge in [-0.25, -0.2) is 0 Å². The molecule has 5 N–H and O–H groups in total. The van der Waals surface area contributed by atoms with Crippen molar-refractivity contribution in [3.8, 4) is 11.5 Å². The average molecular weight is 537 g/mol. The Labute approximate surface area is 228 Å². The van der Waals surface area contributed by atoms with Gasteiger partial charge in [-0.1, -0.05) is 42.5 Å². The summed E-state index contributed by atoms with van der Waals surface area (Å²) in [5, 5.41) is 28.5. The minimum atomic E-state index is -1.17. The van der Waals surface area contributed by atoms with Crippen LogP contribution in [0.1, 0.15) is 24.0 Å². The Kier molecular flexibility index (Phi) is 9.56. The first-order valence-electron chi connectivity index (χ1n) is 13.2. The average Bonchev–Trinajstić information content (AvgIpc) is 3.77. The summed E-state index contributed by atoms with van der Waals surface area (Å²) in [7, 11) is 1.49. The quantitative estimate of drug-likeness (QED) is 0.390. The Hall–Kier alpha value is -3.89. The van der Waals surface area contributed by atoms with Gasteiger partial charge in [0.1, 0.15) is 30.2 Å². The number of hydrogen-bond donors (Lipinski definition) is 5. The molecule has 3 amide bonds. The van der Waals surface area contributed by atoms with Gasteiger partial charge in [-0.3, -0.25) is 14.4 Å². The number of aromatic hydroxyl groups is 1. The molecular weight excluding hydrogens is 500 g/mol. The zero-order valence-corrected chi connectivity index (χ0v) is 22.0. The van der Waals surface area contributed by atoms with E-state index in [1.54, 1.807) is 18.2 Å². The van der Waals surface area contributed by atoms with Crippen molar-refractivity contribution in [2.75, 3.05) is 33.4 Å². The second kappa shape index (κ2) is 13.3. The fourth-order valence-corrected chi connectivity index (χ4v) is 4.58. The van der Waals surface area contributed by atoms with E-state index < -0.39 is 36.5 Å². The number of ether oxygens (including phenoxy) is 1. The standard InChI is InChI=1S/C29H36N4O6/c1-33-24(18-34)28(37)32-23(17-19-8-12-22(35)13-9-19)27(36)31-14-4-6-20-5-2-3-7-25(20)39-16-15-30-26(29(33)38)21-10-11-21/h2-9,12-13,21,23-24,26,30,34-35H,10-11,14-18H2,1H3,(H,31,36)(H,32,37)/b6-4+/t23-,24+,26+/m1/s1. The van der Waals surface area contributed by atoms with E-state index in [-0.39, 0.29) is 30.5 Å². The molecule has 208 valence electrons. The molecule has 0 spiro atoms. The summed E-state index contributed by atoms with van der Waals surface area (Å²) < 4.78 is 5.97. The van der Waals surface area contributed by atoms with Crippen LogP contribution in [0.5, 0.6) is 11.5 Å². The minimum absolute atomic E-state index is 0.0886. The lowest BCUT2D eigenvalue weighted by atomic mass is 10.0. The number of hydrogen-bond acceptors (Lipinski definition) is 7. The smallest absolute Gasteiger partial charge is 0.245 e. The molecule has 1 heterocycles. The summed E-state index contributed by atoms with van der Waals surface area (Å²) in [6.45, 7) is 0.382. The Bertz CT molecular complexity index is 1180. The van der Waals surface area contributed by atoms with Gasteiger partial charge in [-0.15, -0.1) is 0 Å². The second-order valence-corrected chi connectivity index (χ2v) is 9.88. The molecule has 0 saturated heterocycles. The fourth-order valence-electron chi connectivity index (χ4n) is 4.58. The van der Waals surface area contributed by atoms with E-state index in [1.165, 1.54) is 24.1 Å².